The summed E-state index contributed by atoms with van der Waals surface area (Å²) in [6.07, 6.45) is 10.1. The minimum absolute atomic E-state index is 0.375. The molecule has 2 N–H and O–H groups in total. The second-order valence-electron chi connectivity index (χ2n) is 11.1. The van der Waals surface area contributed by atoms with Crippen LogP contribution in [0.4, 0.5) is 5.82 Å². The molecule has 0 amide bonds. The van der Waals surface area contributed by atoms with Gasteiger partial charge in [-0.25, -0.2) is 0 Å². The summed E-state index contributed by atoms with van der Waals surface area (Å²) in [5, 5.41) is 0. The molecule has 2 saturated heterocycles. The van der Waals surface area contributed by atoms with Gasteiger partial charge in [0.15, 0.2) is 0 Å². The Balaban J connectivity index is 1.74. The van der Waals surface area contributed by atoms with E-state index in [4.69, 9.17) is 20.4 Å². The van der Waals surface area contributed by atoms with E-state index in [1.807, 2.05) is 11.3 Å². The quantitative estimate of drug-likeness (QED) is 0.298. The van der Waals surface area contributed by atoms with Crippen LogP contribution in [-0.2, 0) is 11.3 Å². The zero-order valence-electron chi connectivity index (χ0n) is 23.1. The van der Waals surface area contributed by atoms with Crippen LogP contribution in [0.1, 0.15) is 77.0 Å². The zero-order valence-corrected chi connectivity index (χ0v) is 26.7. The van der Waals surface area contributed by atoms with Crippen molar-refractivity contribution in [1.82, 2.24) is 14.9 Å². The minimum atomic E-state index is -2.75. The molecule has 2 aliphatic rings. The summed E-state index contributed by atoms with van der Waals surface area (Å²) >= 11 is -0.819. The van der Waals surface area contributed by atoms with Gasteiger partial charge in [-0.05, 0) is 0 Å². The third-order valence-corrected chi connectivity index (χ3v) is 23.9. The molecule has 6 nitrogen and oxygen atoms in total. The molecule has 0 atom stereocenters. The number of fused-ring (bicyclic) bond motifs is 1. The van der Waals surface area contributed by atoms with Gasteiger partial charge < -0.3 is 0 Å². The molecular weight excluding hydrogens is 573 g/mol. The molecule has 2 aromatic rings. The Morgan fingerprint density at radius 3 is 2.14 bits per heavy atom. The van der Waals surface area contributed by atoms with Crippen LogP contribution in [0.3, 0.4) is 0 Å². The second kappa shape index (κ2) is 14.1. The summed E-state index contributed by atoms with van der Waals surface area (Å²) in [6.45, 7) is 13.7. The topological polar surface area (TPSA) is 67.5 Å². The van der Waals surface area contributed by atoms with Gasteiger partial charge in [0.25, 0.3) is 0 Å². The average molecular weight is 623 g/mol. The number of thiophene rings is 1. The van der Waals surface area contributed by atoms with E-state index in [9.17, 15) is 0 Å². The number of nitrogens with two attached hydrogens (primary N) is 1. The monoisotopic (exact) mass is 623 g/mol. The van der Waals surface area contributed by atoms with Crippen molar-refractivity contribution < 1.29 is 4.74 Å². The fourth-order valence-corrected chi connectivity index (χ4v) is 21.9. The van der Waals surface area contributed by atoms with Crippen LogP contribution in [0.2, 0.25) is 13.3 Å². The van der Waals surface area contributed by atoms with E-state index < -0.39 is 18.4 Å². The first-order valence-corrected chi connectivity index (χ1v) is 23.0. The Labute approximate surface area is 227 Å². The van der Waals surface area contributed by atoms with Crippen molar-refractivity contribution in [2.24, 2.45) is 5.73 Å². The van der Waals surface area contributed by atoms with Crippen LogP contribution >= 0.6 is 11.3 Å². The van der Waals surface area contributed by atoms with Crippen molar-refractivity contribution in [3.63, 3.8) is 0 Å². The number of aromatic nitrogens is 2. The number of ether oxygens (including phenoxy) is 1. The molecule has 0 aromatic carbocycles. The molecule has 2 aliphatic heterocycles. The molecule has 2 aromatic heterocycles. The molecule has 4 heterocycles. The van der Waals surface area contributed by atoms with E-state index in [0.717, 1.165) is 58.8 Å². The number of rotatable bonds is 13. The number of anilines is 1. The van der Waals surface area contributed by atoms with Crippen molar-refractivity contribution in [3.05, 3.63) is 10.9 Å². The fourth-order valence-electron chi connectivity index (χ4n) is 5.86. The molecule has 0 spiro atoms. The van der Waals surface area contributed by atoms with Crippen molar-refractivity contribution in [1.29, 1.82) is 0 Å². The van der Waals surface area contributed by atoms with Gasteiger partial charge in [0.1, 0.15) is 0 Å². The van der Waals surface area contributed by atoms with Crippen LogP contribution in [0.15, 0.2) is 6.07 Å². The van der Waals surface area contributed by atoms with Crippen LogP contribution < -0.4 is 14.5 Å². The first-order valence-electron chi connectivity index (χ1n) is 14.7. The number of unbranched alkanes of at least 4 members (excludes halogenated alkanes) is 3. The van der Waals surface area contributed by atoms with Gasteiger partial charge in [0.2, 0.25) is 0 Å². The van der Waals surface area contributed by atoms with Crippen LogP contribution in [0.5, 0.6) is 0 Å². The number of nitrogens with zero attached hydrogens (tertiary/aromatic N) is 4. The molecule has 8 heteroatoms. The Bertz CT molecular complexity index is 918. The standard InChI is InChI=1S/C16H22N5OS.3C4H9.Sn/c17-12-1-3-20(4-2-12)10-13-9-14-15(23-13)16(19-11-18-14)21-5-7-22-8-6-21;3*1-3-4-2;/h9,12H,1-8,10,17H2;3*1,3-4H2,2H3;. The number of piperidine rings is 1. The van der Waals surface area contributed by atoms with Gasteiger partial charge in [-0.3, -0.25) is 0 Å². The Morgan fingerprint density at radius 1 is 0.944 bits per heavy atom. The first-order chi connectivity index (χ1) is 17.6. The number of likely N-dealkylation sites (tertiary alicyclic amines) is 1. The SMILES string of the molecule is CCC[CH2][Sn]([CH2]CCC)([CH2]CCC)[c]1nc(N2CCOCC2)c2sc(CN3CCC(N)CC3)cc2n1. The zero-order chi connectivity index (χ0) is 25.4. The van der Waals surface area contributed by atoms with Crippen molar-refractivity contribution >= 4 is 49.6 Å². The van der Waals surface area contributed by atoms with Crippen molar-refractivity contribution in [2.45, 2.75) is 98.0 Å². The Morgan fingerprint density at radius 2 is 1.56 bits per heavy atom. The predicted molar refractivity (Wildman–Crippen MR) is 157 cm³/mol. The first kappa shape index (κ1) is 28.5. The predicted octanol–water partition coefficient (Wildman–Crippen LogP) is 5.51. The molecular formula is C28H49N5OSSn. The molecule has 0 saturated carbocycles. The van der Waals surface area contributed by atoms with E-state index in [1.165, 1.54) is 76.6 Å². The summed E-state index contributed by atoms with van der Waals surface area (Å²) in [6, 6.07) is 2.78. The number of hydrogen-bond donors (Lipinski definition) is 1. The molecule has 0 bridgehead atoms. The van der Waals surface area contributed by atoms with Gasteiger partial charge in [0, 0.05) is 0 Å². The molecule has 0 aliphatic carbocycles. The number of hydrogen-bond acceptors (Lipinski definition) is 7. The van der Waals surface area contributed by atoms with Crippen LogP contribution in [0.25, 0.3) is 10.2 Å². The molecule has 36 heavy (non-hydrogen) atoms. The normalized spacial score (nSPS) is 18.4. The summed E-state index contributed by atoms with van der Waals surface area (Å²) in [5.74, 6) is 1.21. The van der Waals surface area contributed by atoms with Gasteiger partial charge in [0.05, 0.1) is 0 Å². The van der Waals surface area contributed by atoms with E-state index in [2.05, 4.69) is 36.6 Å². The third kappa shape index (κ3) is 7.13. The van der Waals surface area contributed by atoms with Gasteiger partial charge >= 0.3 is 228 Å². The second-order valence-corrected chi connectivity index (χ2v) is 25.1. The third-order valence-electron chi connectivity index (χ3n) is 8.23. The maximum absolute atomic E-state index is 6.16. The number of morpholine rings is 1. The van der Waals surface area contributed by atoms with Crippen molar-refractivity contribution in [2.75, 3.05) is 44.3 Å². The van der Waals surface area contributed by atoms with Gasteiger partial charge in [-0.2, -0.15) is 0 Å². The van der Waals surface area contributed by atoms with Gasteiger partial charge in [-0.15, -0.1) is 0 Å². The summed E-state index contributed by atoms with van der Waals surface area (Å²) in [7, 11) is 0. The Kier molecular flexibility index (Phi) is 11.1. The van der Waals surface area contributed by atoms with Crippen molar-refractivity contribution in [3.8, 4) is 0 Å². The Hall–Kier alpha value is -0.481. The van der Waals surface area contributed by atoms with Crippen LogP contribution in [-0.4, -0.2) is 78.7 Å². The maximum atomic E-state index is 6.16. The van der Waals surface area contributed by atoms with Gasteiger partial charge in [-0.1, -0.05) is 0 Å². The molecule has 4 rings (SSSR count). The summed E-state index contributed by atoms with van der Waals surface area (Å²) < 4.78 is 12.6. The average Bonchev–Trinajstić information content (AvgIpc) is 3.32. The molecule has 202 valence electrons. The summed E-state index contributed by atoms with van der Waals surface area (Å²) in [5.41, 5.74) is 7.37. The van der Waals surface area contributed by atoms with Crippen LogP contribution in [0, 0.1) is 0 Å². The molecule has 0 unspecified atom stereocenters. The summed E-state index contributed by atoms with van der Waals surface area (Å²) in [4.78, 5) is 17.5. The van der Waals surface area contributed by atoms with E-state index >= 15 is 0 Å². The molecule has 2 fully saturated rings. The van der Waals surface area contributed by atoms with E-state index in [-0.39, 0.29) is 0 Å². The van der Waals surface area contributed by atoms with E-state index in [0.29, 0.717) is 6.04 Å². The fraction of sp³-hybridized carbons (Fsp3) is 0.786. The van der Waals surface area contributed by atoms with E-state index in [1.54, 1.807) is 0 Å². The molecule has 0 radical (unpaired) electrons.